The van der Waals surface area contributed by atoms with E-state index in [-0.39, 0.29) is 0 Å². The third-order valence-corrected chi connectivity index (χ3v) is 3.19. The average molecular weight is 266 g/mol. The SMILES string of the molecule is COc1cc(CCN(C)CCCCN)cc(OC)c1. The number of methoxy groups -OCH3 is 2. The van der Waals surface area contributed by atoms with E-state index >= 15 is 0 Å². The Morgan fingerprint density at radius 2 is 1.63 bits per heavy atom. The van der Waals surface area contributed by atoms with Crippen molar-refractivity contribution >= 4 is 0 Å². The number of nitrogens with zero attached hydrogens (tertiary/aromatic N) is 1. The van der Waals surface area contributed by atoms with Crippen LogP contribution in [0.2, 0.25) is 0 Å². The smallest absolute Gasteiger partial charge is 0.122 e. The fourth-order valence-corrected chi connectivity index (χ4v) is 1.97. The molecule has 0 saturated heterocycles. The maximum Gasteiger partial charge on any atom is 0.122 e. The average Bonchev–Trinajstić information content (AvgIpc) is 2.45. The molecule has 0 amide bonds. The van der Waals surface area contributed by atoms with E-state index in [1.165, 1.54) is 5.56 Å². The van der Waals surface area contributed by atoms with Gasteiger partial charge >= 0.3 is 0 Å². The molecule has 0 aromatic heterocycles. The summed E-state index contributed by atoms with van der Waals surface area (Å²) in [4.78, 5) is 2.33. The predicted octanol–water partition coefficient (Wildman–Crippen LogP) is 1.92. The Labute approximate surface area is 116 Å². The van der Waals surface area contributed by atoms with E-state index in [1.54, 1.807) is 14.2 Å². The van der Waals surface area contributed by atoms with Crippen molar-refractivity contribution in [3.63, 3.8) is 0 Å². The molecular formula is C15H26N2O2. The molecular weight excluding hydrogens is 240 g/mol. The standard InChI is InChI=1S/C15H26N2O2/c1-17(8-5-4-7-16)9-6-13-10-14(18-2)12-15(11-13)19-3/h10-12H,4-9,16H2,1-3H3. The van der Waals surface area contributed by atoms with Crippen LogP contribution in [-0.2, 0) is 6.42 Å². The van der Waals surface area contributed by atoms with Crippen molar-refractivity contribution in [1.29, 1.82) is 0 Å². The number of nitrogens with two attached hydrogens (primary N) is 1. The van der Waals surface area contributed by atoms with Gasteiger partial charge in [-0.25, -0.2) is 0 Å². The van der Waals surface area contributed by atoms with Crippen LogP contribution in [-0.4, -0.2) is 45.8 Å². The van der Waals surface area contributed by atoms with Gasteiger partial charge in [0.1, 0.15) is 11.5 Å². The summed E-state index contributed by atoms with van der Waals surface area (Å²) in [7, 11) is 5.50. The third kappa shape index (κ3) is 5.94. The first-order valence-corrected chi connectivity index (χ1v) is 6.80. The van der Waals surface area contributed by atoms with Gasteiger partial charge in [0, 0.05) is 12.6 Å². The molecule has 0 unspecified atom stereocenters. The first kappa shape index (κ1) is 15.8. The summed E-state index contributed by atoms with van der Waals surface area (Å²) in [5, 5.41) is 0. The molecule has 4 nitrogen and oxygen atoms in total. The highest BCUT2D eigenvalue weighted by atomic mass is 16.5. The molecule has 1 rings (SSSR count). The summed E-state index contributed by atoms with van der Waals surface area (Å²) < 4.78 is 10.6. The van der Waals surface area contributed by atoms with Crippen molar-refractivity contribution in [2.24, 2.45) is 5.73 Å². The van der Waals surface area contributed by atoms with Crippen molar-refractivity contribution in [3.05, 3.63) is 23.8 Å². The van der Waals surface area contributed by atoms with Crippen LogP contribution in [0.1, 0.15) is 18.4 Å². The number of rotatable bonds is 9. The lowest BCUT2D eigenvalue weighted by molar-refractivity contribution is 0.330. The predicted molar refractivity (Wildman–Crippen MR) is 79.0 cm³/mol. The van der Waals surface area contributed by atoms with Crippen LogP contribution in [0.4, 0.5) is 0 Å². The van der Waals surface area contributed by atoms with E-state index in [9.17, 15) is 0 Å². The molecule has 4 heteroatoms. The number of unbranched alkanes of at least 4 members (excludes halogenated alkanes) is 1. The highest BCUT2D eigenvalue weighted by molar-refractivity contribution is 5.38. The number of ether oxygens (including phenoxy) is 2. The molecule has 0 heterocycles. The van der Waals surface area contributed by atoms with Gasteiger partial charge < -0.3 is 20.1 Å². The Kier molecular flexibility index (Phi) is 7.30. The number of benzene rings is 1. The highest BCUT2D eigenvalue weighted by Gasteiger charge is 2.04. The zero-order valence-corrected chi connectivity index (χ0v) is 12.3. The lowest BCUT2D eigenvalue weighted by atomic mass is 10.1. The number of hydrogen-bond acceptors (Lipinski definition) is 4. The topological polar surface area (TPSA) is 47.7 Å². The van der Waals surface area contributed by atoms with Gasteiger partial charge in [0.25, 0.3) is 0 Å². The molecule has 19 heavy (non-hydrogen) atoms. The summed E-state index contributed by atoms with van der Waals surface area (Å²) in [6.07, 6.45) is 3.25. The summed E-state index contributed by atoms with van der Waals surface area (Å²) in [5.41, 5.74) is 6.74. The van der Waals surface area contributed by atoms with E-state index in [0.717, 1.165) is 50.4 Å². The van der Waals surface area contributed by atoms with Gasteiger partial charge in [0.2, 0.25) is 0 Å². The zero-order valence-electron chi connectivity index (χ0n) is 12.3. The second-order valence-electron chi connectivity index (χ2n) is 4.77. The Morgan fingerprint density at radius 1 is 1.00 bits per heavy atom. The Balaban J connectivity index is 2.47. The molecule has 0 saturated carbocycles. The third-order valence-electron chi connectivity index (χ3n) is 3.19. The molecule has 2 N–H and O–H groups in total. The normalized spacial score (nSPS) is 10.8. The summed E-state index contributed by atoms with van der Waals surface area (Å²) in [6, 6.07) is 6.03. The zero-order chi connectivity index (χ0) is 14.1. The van der Waals surface area contributed by atoms with E-state index in [4.69, 9.17) is 15.2 Å². The van der Waals surface area contributed by atoms with Gasteiger partial charge in [0.15, 0.2) is 0 Å². The molecule has 108 valence electrons. The minimum atomic E-state index is 0.779. The first-order valence-electron chi connectivity index (χ1n) is 6.80. The molecule has 0 fully saturated rings. The minimum absolute atomic E-state index is 0.779. The van der Waals surface area contributed by atoms with Gasteiger partial charge in [-0.2, -0.15) is 0 Å². The quantitative estimate of drug-likeness (QED) is 0.694. The van der Waals surface area contributed by atoms with Crippen molar-refractivity contribution in [2.75, 3.05) is 40.9 Å². The molecule has 0 atom stereocenters. The Hall–Kier alpha value is -1.26. The second kappa shape index (κ2) is 8.77. The van der Waals surface area contributed by atoms with Crippen LogP contribution >= 0.6 is 0 Å². The molecule has 1 aromatic rings. The Bertz CT molecular complexity index is 347. The van der Waals surface area contributed by atoms with Gasteiger partial charge in [0.05, 0.1) is 14.2 Å². The molecule has 0 spiro atoms. The van der Waals surface area contributed by atoms with Crippen LogP contribution < -0.4 is 15.2 Å². The van der Waals surface area contributed by atoms with Gasteiger partial charge in [-0.3, -0.25) is 0 Å². The van der Waals surface area contributed by atoms with Crippen molar-refractivity contribution in [2.45, 2.75) is 19.3 Å². The summed E-state index contributed by atoms with van der Waals surface area (Å²) in [5.74, 6) is 1.69. The van der Waals surface area contributed by atoms with Crippen LogP contribution in [0.5, 0.6) is 11.5 Å². The fraction of sp³-hybridized carbons (Fsp3) is 0.600. The minimum Gasteiger partial charge on any atom is -0.497 e. The second-order valence-corrected chi connectivity index (χ2v) is 4.77. The maximum atomic E-state index is 5.50. The van der Waals surface area contributed by atoms with Gasteiger partial charge in [-0.05, 0) is 57.1 Å². The van der Waals surface area contributed by atoms with Crippen LogP contribution in [0.15, 0.2) is 18.2 Å². The van der Waals surface area contributed by atoms with Crippen LogP contribution in [0.25, 0.3) is 0 Å². The van der Waals surface area contributed by atoms with Gasteiger partial charge in [-0.15, -0.1) is 0 Å². The van der Waals surface area contributed by atoms with Crippen molar-refractivity contribution in [1.82, 2.24) is 4.90 Å². The van der Waals surface area contributed by atoms with Crippen molar-refractivity contribution in [3.8, 4) is 11.5 Å². The molecule has 0 radical (unpaired) electrons. The maximum absolute atomic E-state index is 5.50. The van der Waals surface area contributed by atoms with E-state index in [2.05, 4.69) is 24.1 Å². The molecule has 0 bridgehead atoms. The van der Waals surface area contributed by atoms with Crippen molar-refractivity contribution < 1.29 is 9.47 Å². The number of hydrogen-bond donors (Lipinski definition) is 1. The van der Waals surface area contributed by atoms with E-state index in [0.29, 0.717) is 0 Å². The molecule has 1 aromatic carbocycles. The first-order chi connectivity index (χ1) is 9.19. The van der Waals surface area contributed by atoms with E-state index in [1.807, 2.05) is 6.07 Å². The molecule has 0 aliphatic heterocycles. The molecule has 0 aliphatic rings. The largest absolute Gasteiger partial charge is 0.497 e. The fourth-order valence-electron chi connectivity index (χ4n) is 1.97. The summed E-state index contributed by atoms with van der Waals surface area (Å²) in [6.45, 7) is 2.90. The van der Waals surface area contributed by atoms with E-state index < -0.39 is 0 Å². The number of likely N-dealkylation sites (N-methyl/N-ethyl adjacent to an activating group) is 1. The summed E-state index contributed by atoms with van der Waals surface area (Å²) >= 11 is 0. The van der Waals surface area contributed by atoms with Crippen LogP contribution in [0, 0.1) is 0 Å². The van der Waals surface area contributed by atoms with Crippen LogP contribution in [0.3, 0.4) is 0 Å². The highest BCUT2D eigenvalue weighted by Crippen LogP contribution is 2.22. The Morgan fingerprint density at radius 3 is 2.16 bits per heavy atom. The molecule has 0 aliphatic carbocycles. The van der Waals surface area contributed by atoms with Gasteiger partial charge in [-0.1, -0.05) is 0 Å². The lowest BCUT2D eigenvalue weighted by Gasteiger charge is -2.16. The lowest BCUT2D eigenvalue weighted by Crippen LogP contribution is -2.23. The monoisotopic (exact) mass is 266 g/mol.